The molecule has 1 N–H and O–H groups in total. The molecule has 1 heterocycles. The van der Waals surface area contributed by atoms with Gasteiger partial charge in [-0.3, -0.25) is 0 Å². The van der Waals surface area contributed by atoms with Gasteiger partial charge in [0.15, 0.2) is 11.5 Å². The van der Waals surface area contributed by atoms with Crippen molar-refractivity contribution in [3.8, 4) is 11.5 Å². The summed E-state index contributed by atoms with van der Waals surface area (Å²) in [7, 11) is 1.67. The van der Waals surface area contributed by atoms with Gasteiger partial charge >= 0.3 is 0 Å². The van der Waals surface area contributed by atoms with E-state index in [4.69, 9.17) is 14.2 Å². The largest absolute Gasteiger partial charge is 0.493 e. The number of benzene rings is 1. The Morgan fingerprint density at radius 3 is 2.82 bits per heavy atom. The fourth-order valence-electron chi connectivity index (χ4n) is 3.11. The van der Waals surface area contributed by atoms with Crippen molar-refractivity contribution in [3.63, 3.8) is 0 Å². The third kappa shape index (κ3) is 4.37. The summed E-state index contributed by atoms with van der Waals surface area (Å²) in [5.41, 5.74) is 1.21. The SMILES string of the molecule is CCOc1cc(CNC[C@H]2CCO[C@@H]2C(C)C)ccc1OC. The van der Waals surface area contributed by atoms with Crippen LogP contribution in [0, 0.1) is 11.8 Å². The molecule has 1 aliphatic heterocycles. The summed E-state index contributed by atoms with van der Waals surface area (Å²) in [6, 6.07) is 6.11. The van der Waals surface area contributed by atoms with Gasteiger partial charge < -0.3 is 19.5 Å². The lowest BCUT2D eigenvalue weighted by Gasteiger charge is -2.22. The van der Waals surface area contributed by atoms with Crippen LogP contribution in [0.1, 0.15) is 32.8 Å². The van der Waals surface area contributed by atoms with E-state index in [0.717, 1.165) is 37.6 Å². The van der Waals surface area contributed by atoms with Gasteiger partial charge in [0.05, 0.1) is 19.8 Å². The molecule has 0 saturated carbocycles. The van der Waals surface area contributed by atoms with Gasteiger partial charge in [0, 0.05) is 19.7 Å². The molecule has 0 amide bonds. The van der Waals surface area contributed by atoms with Crippen LogP contribution >= 0.6 is 0 Å². The summed E-state index contributed by atoms with van der Waals surface area (Å²) >= 11 is 0. The predicted molar refractivity (Wildman–Crippen MR) is 88.6 cm³/mol. The number of ether oxygens (including phenoxy) is 3. The standard InChI is InChI=1S/C18H29NO3/c1-5-21-17-10-14(6-7-16(17)20-4)11-19-12-15-8-9-22-18(15)13(2)3/h6-7,10,13,15,18-19H,5,8-9,11-12H2,1-4H3/t15-,18-/m1/s1. The van der Waals surface area contributed by atoms with E-state index in [0.29, 0.717) is 24.5 Å². The van der Waals surface area contributed by atoms with Crippen molar-refractivity contribution in [1.29, 1.82) is 0 Å². The molecule has 22 heavy (non-hydrogen) atoms. The highest BCUT2D eigenvalue weighted by Gasteiger charge is 2.30. The number of hydrogen-bond donors (Lipinski definition) is 1. The molecule has 1 aliphatic rings. The van der Waals surface area contributed by atoms with E-state index < -0.39 is 0 Å². The molecule has 2 rings (SSSR count). The zero-order valence-corrected chi connectivity index (χ0v) is 14.2. The zero-order valence-electron chi connectivity index (χ0n) is 14.2. The van der Waals surface area contributed by atoms with Crippen LogP contribution in [0.5, 0.6) is 11.5 Å². The highest BCUT2D eigenvalue weighted by atomic mass is 16.5. The molecule has 0 spiro atoms. The van der Waals surface area contributed by atoms with E-state index in [-0.39, 0.29) is 0 Å². The van der Waals surface area contributed by atoms with Gasteiger partial charge in [-0.2, -0.15) is 0 Å². The van der Waals surface area contributed by atoms with Gasteiger partial charge in [-0.05, 0) is 42.9 Å². The van der Waals surface area contributed by atoms with Crippen LogP contribution in [0.3, 0.4) is 0 Å². The monoisotopic (exact) mass is 307 g/mol. The lowest BCUT2D eigenvalue weighted by Crippen LogP contribution is -2.31. The average Bonchev–Trinajstić information content (AvgIpc) is 2.97. The first kappa shape index (κ1) is 17.1. The summed E-state index contributed by atoms with van der Waals surface area (Å²) < 4.78 is 16.8. The normalized spacial score (nSPS) is 21.3. The molecule has 0 bridgehead atoms. The lowest BCUT2D eigenvalue weighted by atomic mass is 9.93. The lowest BCUT2D eigenvalue weighted by molar-refractivity contribution is 0.0539. The highest BCUT2D eigenvalue weighted by Crippen LogP contribution is 2.28. The van der Waals surface area contributed by atoms with Gasteiger partial charge in [0.25, 0.3) is 0 Å². The van der Waals surface area contributed by atoms with Crippen LogP contribution in [-0.2, 0) is 11.3 Å². The maximum Gasteiger partial charge on any atom is 0.161 e. The number of methoxy groups -OCH3 is 1. The van der Waals surface area contributed by atoms with Crippen molar-refractivity contribution in [2.75, 3.05) is 26.9 Å². The fourth-order valence-corrected chi connectivity index (χ4v) is 3.11. The predicted octanol–water partition coefficient (Wildman–Crippen LogP) is 3.24. The molecule has 4 nitrogen and oxygen atoms in total. The first-order valence-corrected chi connectivity index (χ1v) is 8.27. The molecule has 1 aromatic carbocycles. The van der Waals surface area contributed by atoms with Gasteiger partial charge in [0.1, 0.15) is 0 Å². The third-order valence-corrected chi connectivity index (χ3v) is 4.18. The Hall–Kier alpha value is -1.26. The molecule has 1 fully saturated rings. The second-order valence-electron chi connectivity index (χ2n) is 6.18. The average molecular weight is 307 g/mol. The summed E-state index contributed by atoms with van der Waals surface area (Å²) in [6.45, 7) is 9.83. The summed E-state index contributed by atoms with van der Waals surface area (Å²) in [4.78, 5) is 0. The Morgan fingerprint density at radius 2 is 2.14 bits per heavy atom. The number of rotatable bonds is 8. The molecule has 0 unspecified atom stereocenters. The summed E-state index contributed by atoms with van der Waals surface area (Å²) in [5, 5.41) is 3.56. The smallest absolute Gasteiger partial charge is 0.161 e. The fraction of sp³-hybridized carbons (Fsp3) is 0.667. The maximum absolute atomic E-state index is 5.83. The first-order valence-electron chi connectivity index (χ1n) is 8.27. The summed E-state index contributed by atoms with van der Waals surface area (Å²) in [5.74, 6) is 2.80. The minimum Gasteiger partial charge on any atom is -0.493 e. The van der Waals surface area contributed by atoms with Gasteiger partial charge in [-0.25, -0.2) is 0 Å². The van der Waals surface area contributed by atoms with Crippen LogP contribution in [0.2, 0.25) is 0 Å². The Kier molecular flexibility index (Phi) is 6.52. The van der Waals surface area contributed by atoms with E-state index in [2.05, 4.69) is 31.3 Å². The van der Waals surface area contributed by atoms with E-state index in [9.17, 15) is 0 Å². The van der Waals surface area contributed by atoms with Crippen molar-refractivity contribution in [1.82, 2.24) is 5.32 Å². The second kappa shape index (κ2) is 8.39. The molecule has 2 atom stereocenters. The van der Waals surface area contributed by atoms with Crippen molar-refractivity contribution in [2.24, 2.45) is 11.8 Å². The minimum atomic E-state index is 0.391. The first-order chi connectivity index (χ1) is 10.7. The van der Waals surface area contributed by atoms with E-state index >= 15 is 0 Å². The molecule has 124 valence electrons. The van der Waals surface area contributed by atoms with E-state index in [1.807, 2.05) is 13.0 Å². The maximum atomic E-state index is 5.83. The summed E-state index contributed by atoms with van der Waals surface area (Å²) in [6.07, 6.45) is 1.55. The molecule has 0 aliphatic carbocycles. The molecule has 1 saturated heterocycles. The van der Waals surface area contributed by atoms with Gasteiger partial charge in [-0.1, -0.05) is 19.9 Å². The van der Waals surface area contributed by atoms with Crippen molar-refractivity contribution in [2.45, 2.75) is 39.8 Å². The number of hydrogen-bond acceptors (Lipinski definition) is 4. The van der Waals surface area contributed by atoms with Crippen LogP contribution < -0.4 is 14.8 Å². The topological polar surface area (TPSA) is 39.7 Å². The molecule has 0 radical (unpaired) electrons. The van der Waals surface area contributed by atoms with Crippen molar-refractivity contribution < 1.29 is 14.2 Å². The quantitative estimate of drug-likeness (QED) is 0.800. The molecule has 1 aromatic rings. The van der Waals surface area contributed by atoms with E-state index in [1.54, 1.807) is 7.11 Å². The second-order valence-corrected chi connectivity index (χ2v) is 6.18. The molecular weight excluding hydrogens is 278 g/mol. The highest BCUT2D eigenvalue weighted by molar-refractivity contribution is 5.42. The van der Waals surface area contributed by atoms with Crippen LogP contribution in [0.15, 0.2) is 18.2 Å². The Labute approximate surface area is 134 Å². The molecular formula is C18H29NO3. The van der Waals surface area contributed by atoms with Crippen molar-refractivity contribution in [3.05, 3.63) is 23.8 Å². The Morgan fingerprint density at radius 1 is 1.32 bits per heavy atom. The van der Waals surface area contributed by atoms with E-state index in [1.165, 1.54) is 5.56 Å². The minimum absolute atomic E-state index is 0.391. The Balaban J connectivity index is 1.87. The van der Waals surface area contributed by atoms with Crippen LogP contribution in [0.25, 0.3) is 0 Å². The number of nitrogens with one attached hydrogen (secondary N) is 1. The van der Waals surface area contributed by atoms with Gasteiger partial charge in [0.2, 0.25) is 0 Å². The van der Waals surface area contributed by atoms with Crippen molar-refractivity contribution >= 4 is 0 Å². The third-order valence-electron chi connectivity index (χ3n) is 4.18. The van der Waals surface area contributed by atoms with Crippen LogP contribution in [-0.4, -0.2) is 33.0 Å². The molecule has 4 heteroatoms. The van der Waals surface area contributed by atoms with Crippen LogP contribution in [0.4, 0.5) is 0 Å². The van der Waals surface area contributed by atoms with Gasteiger partial charge in [-0.15, -0.1) is 0 Å². The Bertz CT molecular complexity index is 462. The zero-order chi connectivity index (χ0) is 15.9. The molecule has 0 aromatic heterocycles.